The molecule has 0 atom stereocenters. The number of nitrogens with two attached hydrogens (primary N) is 1. The first-order valence-corrected chi connectivity index (χ1v) is 7.12. The average Bonchev–Trinajstić information content (AvgIpc) is 2.80. The summed E-state index contributed by atoms with van der Waals surface area (Å²) < 4.78 is 5.87. The smallest absolute Gasteiger partial charge is 0.133 e. The van der Waals surface area contributed by atoms with E-state index in [0.717, 1.165) is 29.2 Å². The molecule has 0 aliphatic carbocycles. The second-order valence-electron chi connectivity index (χ2n) is 4.98. The second kappa shape index (κ2) is 6.30. The minimum absolute atomic E-state index is 0.348. The summed E-state index contributed by atoms with van der Waals surface area (Å²) >= 11 is 5.09. The SMILES string of the molecule is Cc1cc(OCCN2CCCC2)c(C(N)=S)c(C)n1. The van der Waals surface area contributed by atoms with Gasteiger partial charge in [-0.05, 0) is 39.8 Å². The number of nitrogens with zero attached hydrogens (tertiary/aromatic N) is 2. The van der Waals surface area contributed by atoms with Gasteiger partial charge >= 0.3 is 0 Å². The van der Waals surface area contributed by atoms with Crippen molar-refractivity contribution in [3.8, 4) is 5.75 Å². The molecular weight excluding hydrogens is 258 g/mol. The van der Waals surface area contributed by atoms with Crippen molar-refractivity contribution in [2.24, 2.45) is 5.73 Å². The van der Waals surface area contributed by atoms with E-state index in [1.54, 1.807) is 0 Å². The lowest BCUT2D eigenvalue weighted by atomic mass is 10.1. The van der Waals surface area contributed by atoms with Crippen LogP contribution in [0.25, 0.3) is 0 Å². The van der Waals surface area contributed by atoms with Crippen LogP contribution in [0.4, 0.5) is 0 Å². The summed E-state index contributed by atoms with van der Waals surface area (Å²) in [6.45, 7) is 7.84. The highest BCUT2D eigenvalue weighted by Crippen LogP contribution is 2.22. The maximum absolute atomic E-state index is 5.87. The van der Waals surface area contributed by atoms with E-state index in [2.05, 4.69) is 9.88 Å². The molecular formula is C14H21N3OS. The van der Waals surface area contributed by atoms with Crippen molar-refractivity contribution in [3.63, 3.8) is 0 Å². The molecule has 4 nitrogen and oxygen atoms in total. The first-order valence-electron chi connectivity index (χ1n) is 6.71. The summed E-state index contributed by atoms with van der Waals surface area (Å²) in [5.74, 6) is 0.761. The van der Waals surface area contributed by atoms with Crippen LogP contribution in [0.3, 0.4) is 0 Å². The molecule has 2 heterocycles. The van der Waals surface area contributed by atoms with Gasteiger partial charge in [-0.1, -0.05) is 12.2 Å². The second-order valence-corrected chi connectivity index (χ2v) is 5.42. The fourth-order valence-corrected chi connectivity index (χ4v) is 2.75. The molecule has 0 unspecified atom stereocenters. The Morgan fingerprint density at radius 2 is 2.11 bits per heavy atom. The fourth-order valence-electron chi connectivity index (χ4n) is 2.50. The Kier molecular flexibility index (Phi) is 4.71. The molecule has 1 saturated heterocycles. The minimum Gasteiger partial charge on any atom is -0.491 e. The van der Waals surface area contributed by atoms with Gasteiger partial charge < -0.3 is 10.5 Å². The van der Waals surface area contributed by atoms with Gasteiger partial charge in [0.05, 0.1) is 11.3 Å². The van der Waals surface area contributed by atoms with E-state index in [9.17, 15) is 0 Å². The lowest BCUT2D eigenvalue weighted by molar-refractivity contribution is 0.237. The van der Waals surface area contributed by atoms with E-state index in [1.165, 1.54) is 25.9 Å². The molecule has 1 aromatic rings. The normalized spacial score (nSPS) is 15.7. The van der Waals surface area contributed by atoms with E-state index >= 15 is 0 Å². The van der Waals surface area contributed by atoms with Gasteiger partial charge in [0, 0.05) is 18.3 Å². The lowest BCUT2D eigenvalue weighted by Gasteiger charge is -2.17. The Labute approximate surface area is 120 Å². The van der Waals surface area contributed by atoms with E-state index in [4.69, 9.17) is 22.7 Å². The van der Waals surface area contributed by atoms with Crippen LogP contribution in [0.5, 0.6) is 5.75 Å². The molecule has 2 N–H and O–H groups in total. The summed E-state index contributed by atoms with van der Waals surface area (Å²) in [6.07, 6.45) is 2.59. The number of ether oxygens (including phenoxy) is 1. The van der Waals surface area contributed by atoms with Gasteiger partial charge in [-0.15, -0.1) is 0 Å². The summed E-state index contributed by atoms with van der Waals surface area (Å²) in [5.41, 5.74) is 8.29. The number of hydrogen-bond acceptors (Lipinski definition) is 4. The predicted octanol–water partition coefficient (Wildman–Crippen LogP) is 1.81. The molecule has 0 radical (unpaired) electrons. The van der Waals surface area contributed by atoms with Crippen molar-refractivity contribution in [1.82, 2.24) is 9.88 Å². The van der Waals surface area contributed by atoms with Crippen molar-refractivity contribution < 1.29 is 4.74 Å². The molecule has 1 aromatic heterocycles. The maximum Gasteiger partial charge on any atom is 0.133 e. The van der Waals surface area contributed by atoms with Crippen LogP contribution < -0.4 is 10.5 Å². The Bertz CT molecular complexity index is 470. The van der Waals surface area contributed by atoms with Gasteiger partial charge in [0.25, 0.3) is 0 Å². The molecule has 0 aromatic carbocycles. The number of hydrogen-bond donors (Lipinski definition) is 1. The summed E-state index contributed by atoms with van der Waals surface area (Å²) in [6, 6.07) is 1.91. The molecule has 104 valence electrons. The third-order valence-electron chi connectivity index (χ3n) is 3.40. The zero-order valence-corrected chi connectivity index (χ0v) is 12.4. The van der Waals surface area contributed by atoms with Crippen molar-refractivity contribution in [1.29, 1.82) is 0 Å². The third-order valence-corrected chi connectivity index (χ3v) is 3.61. The van der Waals surface area contributed by atoms with E-state index in [-0.39, 0.29) is 0 Å². The Morgan fingerprint density at radius 3 is 2.74 bits per heavy atom. The molecule has 2 rings (SSSR count). The van der Waals surface area contributed by atoms with Crippen LogP contribution in [-0.2, 0) is 0 Å². The monoisotopic (exact) mass is 279 g/mol. The van der Waals surface area contributed by atoms with Crippen LogP contribution in [0.1, 0.15) is 29.8 Å². The Balaban J connectivity index is 2.03. The highest BCUT2D eigenvalue weighted by atomic mass is 32.1. The largest absolute Gasteiger partial charge is 0.491 e. The summed E-state index contributed by atoms with van der Waals surface area (Å²) in [5, 5.41) is 0. The van der Waals surface area contributed by atoms with Crippen LogP contribution in [0.2, 0.25) is 0 Å². The fraction of sp³-hybridized carbons (Fsp3) is 0.571. The number of likely N-dealkylation sites (tertiary alicyclic amines) is 1. The van der Waals surface area contributed by atoms with E-state index < -0.39 is 0 Å². The van der Waals surface area contributed by atoms with Crippen molar-refractivity contribution in [2.45, 2.75) is 26.7 Å². The van der Waals surface area contributed by atoms with E-state index in [1.807, 2.05) is 19.9 Å². The minimum atomic E-state index is 0.348. The van der Waals surface area contributed by atoms with Crippen molar-refractivity contribution in [3.05, 3.63) is 23.0 Å². The predicted molar refractivity (Wildman–Crippen MR) is 80.8 cm³/mol. The zero-order chi connectivity index (χ0) is 13.8. The van der Waals surface area contributed by atoms with E-state index in [0.29, 0.717) is 11.6 Å². The van der Waals surface area contributed by atoms with Gasteiger partial charge in [0.15, 0.2) is 0 Å². The van der Waals surface area contributed by atoms with Crippen molar-refractivity contribution >= 4 is 17.2 Å². The van der Waals surface area contributed by atoms with Crippen LogP contribution in [-0.4, -0.2) is 41.1 Å². The molecule has 5 heteroatoms. The summed E-state index contributed by atoms with van der Waals surface area (Å²) in [7, 11) is 0. The molecule has 0 bridgehead atoms. The standard InChI is InChI=1S/C14H21N3OS/c1-10-9-12(13(14(15)19)11(2)16-10)18-8-7-17-5-3-4-6-17/h9H,3-8H2,1-2H3,(H2,15,19). The first kappa shape index (κ1) is 14.2. The van der Waals surface area contributed by atoms with Gasteiger partial charge in [0.1, 0.15) is 17.3 Å². The molecule has 0 spiro atoms. The molecule has 1 fully saturated rings. The number of pyridine rings is 1. The van der Waals surface area contributed by atoms with Crippen LogP contribution in [0.15, 0.2) is 6.07 Å². The van der Waals surface area contributed by atoms with Crippen LogP contribution in [0, 0.1) is 13.8 Å². The summed E-state index contributed by atoms with van der Waals surface area (Å²) in [4.78, 5) is 7.15. The molecule has 0 saturated carbocycles. The quantitative estimate of drug-likeness (QED) is 0.833. The Morgan fingerprint density at radius 1 is 1.42 bits per heavy atom. The topological polar surface area (TPSA) is 51.4 Å². The first-order chi connectivity index (χ1) is 9.08. The van der Waals surface area contributed by atoms with Gasteiger partial charge in [0.2, 0.25) is 0 Å². The molecule has 1 aliphatic heterocycles. The Hall–Kier alpha value is -1.20. The molecule has 0 amide bonds. The van der Waals surface area contributed by atoms with Gasteiger partial charge in [-0.25, -0.2) is 0 Å². The third kappa shape index (κ3) is 3.64. The van der Waals surface area contributed by atoms with Gasteiger partial charge in [-0.3, -0.25) is 9.88 Å². The number of thiocarbonyl (C=S) groups is 1. The lowest BCUT2D eigenvalue weighted by Crippen LogP contribution is -2.25. The maximum atomic E-state index is 5.87. The van der Waals surface area contributed by atoms with Crippen LogP contribution >= 0.6 is 12.2 Å². The average molecular weight is 279 g/mol. The number of aromatic nitrogens is 1. The van der Waals surface area contributed by atoms with Gasteiger partial charge in [-0.2, -0.15) is 0 Å². The molecule has 19 heavy (non-hydrogen) atoms. The highest BCUT2D eigenvalue weighted by Gasteiger charge is 2.14. The number of rotatable bonds is 5. The highest BCUT2D eigenvalue weighted by molar-refractivity contribution is 7.80. The zero-order valence-electron chi connectivity index (χ0n) is 11.6. The number of aryl methyl sites for hydroxylation is 2. The van der Waals surface area contributed by atoms with Crippen molar-refractivity contribution in [2.75, 3.05) is 26.2 Å². The molecule has 1 aliphatic rings.